The summed E-state index contributed by atoms with van der Waals surface area (Å²) in [5, 5.41) is 6.46. The first-order valence-corrected chi connectivity index (χ1v) is 11.0. The van der Waals surface area contributed by atoms with E-state index in [1.54, 1.807) is 0 Å². The normalized spacial score (nSPS) is 22.8. The van der Waals surface area contributed by atoms with Crippen LogP contribution >= 0.6 is 0 Å². The number of rotatable bonds is 6. The Hall–Kier alpha value is -1.31. The lowest BCUT2D eigenvalue weighted by Crippen LogP contribution is -2.45. The zero-order valence-electron chi connectivity index (χ0n) is 14.8. The lowest BCUT2D eigenvalue weighted by Gasteiger charge is -2.21. The van der Waals surface area contributed by atoms with Crippen LogP contribution in [-0.4, -0.2) is 69.4 Å². The molecule has 1 aliphatic carbocycles. The summed E-state index contributed by atoms with van der Waals surface area (Å²) in [4.78, 5) is 18.8. The van der Waals surface area contributed by atoms with Crippen molar-refractivity contribution < 1.29 is 13.2 Å². The summed E-state index contributed by atoms with van der Waals surface area (Å²) in [6.45, 7) is 4.41. The SMILES string of the molecule is CCNC(=NCCS(C)(=O)=O)NC1CCN(C(=O)C2CCCC2)C1. The number of nitrogens with one attached hydrogen (secondary N) is 2. The molecule has 1 aliphatic heterocycles. The van der Waals surface area contributed by atoms with Gasteiger partial charge in [-0.1, -0.05) is 12.8 Å². The molecule has 0 bridgehead atoms. The number of likely N-dealkylation sites (tertiary alicyclic amines) is 1. The molecule has 2 aliphatic rings. The van der Waals surface area contributed by atoms with Crippen LogP contribution in [0.4, 0.5) is 0 Å². The van der Waals surface area contributed by atoms with Crippen molar-refractivity contribution in [3.63, 3.8) is 0 Å². The van der Waals surface area contributed by atoms with Gasteiger partial charge in [0.2, 0.25) is 5.91 Å². The molecular weight excluding hydrogens is 328 g/mol. The number of aliphatic imine (C=N–C) groups is 1. The van der Waals surface area contributed by atoms with Gasteiger partial charge in [0.05, 0.1) is 12.3 Å². The average molecular weight is 359 g/mol. The van der Waals surface area contributed by atoms with Crippen LogP contribution in [0.15, 0.2) is 4.99 Å². The van der Waals surface area contributed by atoms with Crippen LogP contribution < -0.4 is 10.6 Å². The van der Waals surface area contributed by atoms with Crippen LogP contribution in [0.25, 0.3) is 0 Å². The van der Waals surface area contributed by atoms with Gasteiger partial charge in [-0.2, -0.15) is 0 Å². The topological polar surface area (TPSA) is 90.9 Å². The standard InChI is InChI=1S/C16H30N4O3S/c1-3-17-16(18-9-11-24(2,22)23)19-14-8-10-20(12-14)15(21)13-6-4-5-7-13/h13-14H,3-12H2,1-2H3,(H2,17,18,19). The van der Waals surface area contributed by atoms with Gasteiger partial charge in [-0.05, 0) is 26.2 Å². The lowest BCUT2D eigenvalue weighted by molar-refractivity contribution is -0.134. The van der Waals surface area contributed by atoms with Gasteiger partial charge in [-0.25, -0.2) is 8.42 Å². The van der Waals surface area contributed by atoms with E-state index in [0.717, 1.165) is 25.8 Å². The lowest BCUT2D eigenvalue weighted by atomic mass is 10.1. The maximum Gasteiger partial charge on any atom is 0.225 e. The molecule has 1 heterocycles. The number of carbonyl (C=O) groups is 1. The largest absolute Gasteiger partial charge is 0.357 e. The molecule has 1 saturated heterocycles. The molecule has 0 radical (unpaired) electrons. The van der Waals surface area contributed by atoms with Gasteiger partial charge in [0.15, 0.2) is 5.96 Å². The number of guanidine groups is 1. The predicted molar refractivity (Wildman–Crippen MR) is 95.8 cm³/mol. The Morgan fingerprint density at radius 1 is 1.25 bits per heavy atom. The van der Waals surface area contributed by atoms with Crippen LogP contribution in [0.3, 0.4) is 0 Å². The van der Waals surface area contributed by atoms with Crippen molar-refractivity contribution in [3.8, 4) is 0 Å². The summed E-state index contributed by atoms with van der Waals surface area (Å²) in [6.07, 6.45) is 6.51. The Bertz CT molecular complexity index is 556. The molecule has 0 spiro atoms. The third-order valence-electron chi connectivity index (χ3n) is 4.62. The van der Waals surface area contributed by atoms with E-state index < -0.39 is 9.84 Å². The monoisotopic (exact) mass is 358 g/mol. The van der Waals surface area contributed by atoms with E-state index in [1.807, 2.05) is 11.8 Å². The van der Waals surface area contributed by atoms with Crippen LogP contribution in [0.1, 0.15) is 39.0 Å². The van der Waals surface area contributed by atoms with Crippen molar-refractivity contribution in [2.24, 2.45) is 10.9 Å². The maximum absolute atomic E-state index is 12.5. The number of sulfone groups is 1. The molecule has 8 heteroatoms. The van der Waals surface area contributed by atoms with Gasteiger partial charge in [-0.3, -0.25) is 9.79 Å². The van der Waals surface area contributed by atoms with Crippen LogP contribution in [-0.2, 0) is 14.6 Å². The molecule has 2 rings (SSSR count). The molecular formula is C16H30N4O3S. The fourth-order valence-electron chi connectivity index (χ4n) is 3.35. The zero-order chi connectivity index (χ0) is 17.6. The van der Waals surface area contributed by atoms with E-state index in [4.69, 9.17) is 0 Å². The highest BCUT2D eigenvalue weighted by molar-refractivity contribution is 7.90. The van der Waals surface area contributed by atoms with Crippen molar-refractivity contribution >= 4 is 21.7 Å². The summed E-state index contributed by atoms with van der Waals surface area (Å²) in [6, 6.07) is 0.173. The Labute approximate surface area is 145 Å². The van der Waals surface area contributed by atoms with E-state index in [9.17, 15) is 13.2 Å². The Morgan fingerprint density at radius 2 is 1.96 bits per heavy atom. The van der Waals surface area contributed by atoms with Gasteiger partial charge in [0.25, 0.3) is 0 Å². The van der Waals surface area contributed by atoms with E-state index in [-0.39, 0.29) is 24.3 Å². The quantitative estimate of drug-likeness (QED) is 0.529. The highest BCUT2D eigenvalue weighted by Gasteiger charge is 2.32. The molecule has 0 aromatic heterocycles. The molecule has 138 valence electrons. The predicted octanol–water partition coefficient (Wildman–Crippen LogP) is 0.377. The summed E-state index contributed by atoms with van der Waals surface area (Å²) < 4.78 is 22.4. The summed E-state index contributed by atoms with van der Waals surface area (Å²) >= 11 is 0. The van der Waals surface area contributed by atoms with Crippen LogP contribution in [0.5, 0.6) is 0 Å². The van der Waals surface area contributed by atoms with E-state index in [0.29, 0.717) is 25.0 Å². The molecule has 1 amide bonds. The zero-order valence-corrected chi connectivity index (χ0v) is 15.6. The minimum atomic E-state index is -3.01. The molecule has 1 unspecified atom stereocenters. The van der Waals surface area contributed by atoms with Crippen molar-refractivity contribution in [1.82, 2.24) is 15.5 Å². The summed E-state index contributed by atoms with van der Waals surface area (Å²) in [7, 11) is -3.01. The fraction of sp³-hybridized carbons (Fsp3) is 0.875. The van der Waals surface area contributed by atoms with Crippen molar-refractivity contribution in [2.45, 2.75) is 45.1 Å². The van der Waals surface area contributed by atoms with Crippen molar-refractivity contribution in [2.75, 3.05) is 38.2 Å². The van der Waals surface area contributed by atoms with Crippen LogP contribution in [0, 0.1) is 5.92 Å². The second kappa shape index (κ2) is 8.69. The Balaban J connectivity index is 1.84. The first-order valence-electron chi connectivity index (χ1n) is 8.90. The van der Waals surface area contributed by atoms with Crippen LogP contribution in [0.2, 0.25) is 0 Å². The first kappa shape index (κ1) is 19.0. The second-order valence-corrected chi connectivity index (χ2v) is 9.05. The van der Waals surface area contributed by atoms with E-state index in [1.165, 1.54) is 19.1 Å². The number of carbonyl (C=O) groups excluding carboxylic acids is 1. The van der Waals surface area contributed by atoms with Gasteiger partial charge in [-0.15, -0.1) is 0 Å². The Morgan fingerprint density at radius 3 is 2.58 bits per heavy atom. The number of hydrogen-bond donors (Lipinski definition) is 2. The maximum atomic E-state index is 12.5. The second-order valence-electron chi connectivity index (χ2n) is 6.79. The molecule has 2 N–H and O–H groups in total. The molecule has 7 nitrogen and oxygen atoms in total. The summed E-state index contributed by atoms with van der Waals surface area (Å²) in [5.74, 6) is 1.19. The van der Waals surface area contributed by atoms with E-state index in [2.05, 4.69) is 15.6 Å². The van der Waals surface area contributed by atoms with E-state index >= 15 is 0 Å². The first-order chi connectivity index (χ1) is 11.4. The number of hydrogen-bond acceptors (Lipinski definition) is 4. The number of amides is 1. The molecule has 24 heavy (non-hydrogen) atoms. The average Bonchev–Trinajstić information content (AvgIpc) is 3.17. The van der Waals surface area contributed by atoms with Crippen molar-refractivity contribution in [1.29, 1.82) is 0 Å². The van der Waals surface area contributed by atoms with Crippen molar-refractivity contribution in [3.05, 3.63) is 0 Å². The van der Waals surface area contributed by atoms with Gasteiger partial charge in [0, 0.05) is 37.8 Å². The Kier molecular flexibility index (Phi) is 6.89. The minimum absolute atomic E-state index is 0.0422. The molecule has 0 aromatic rings. The van der Waals surface area contributed by atoms with Gasteiger partial charge < -0.3 is 15.5 Å². The molecule has 1 saturated carbocycles. The number of nitrogens with zero attached hydrogens (tertiary/aromatic N) is 2. The highest BCUT2D eigenvalue weighted by Crippen LogP contribution is 2.27. The third-order valence-corrected chi connectivity index (χ3v) is 5.55. The third kappa shape index (κ3) is 5.96. The van der Waals surface area contributed by atoms with Gasteiger partial charge >= 0.3 is 0 Å². The minimum Gasteiger partial charge on any atom is -0.357 e. The smallest absolute Gasteiger partial charge is 0.225 e. The molecule has 0 aromatic carbocycles. The molecule has 2 fully saturated rings. The fourth-order valence-corrected chi connectivity index (χ4v) is 3.77. The highest BCUT2D eigenvalue weighted by atomic mass is 32.2. The summed E-state index contributed by atoms with van der Waals surface area (Å²) in [5.41, 5.74) is 0. The molecule has 1 atom stereocenters. The van der Waals surface area contributed by atoms with Gasteiger partial charge in [0.1, 0.15) is 9.84 Å².